The van der Waals surface area contributed by atoms with Crippen molar-refractivity contribution in [3.8, 4) is 11.5 Å². The lowest BCUT2D eigenvalue weighted by Crippen LogP contribution is -2.50. The molecule has 31 heavy (non-hydrogen) atoms. The van der Waals surface area contributed by atoms with Gasteiger partial charge >= 0.3 is 6.03 Å². The Bertz CT molecular complexity index is 1050. The molecule has 1 aliphatic rings. The summed E-state index contributed by atoms with van der Waals surface area (Å²) in [5, 5.41) is 15.8. The van der Waals surface area contributed by atoms with Crippen molar-refractivity contribution in [3.63, 3.8) is 0 Å². The number of aliphatic hydroxyl groups excluding tert-OH is 1. The predicted molar refractivity (Wildman–Crippen MR) is 110 cm³/mol. The molecule has 0 atom stereocenters. The van der Waals surface area contributed by atoms with Crippen LogP contribution in [0.3, 0.4) is 0 Å². The Balaban J connectivity index is 1.36. The van der Waals surface area contributed by atoms with E-state index in [1.807, 2.05) is 4.90 Å². The van der Waals surface area contributed by atoms with Crippen LogP contribution >= 0.6 is 11.6 Å². The van der Waals surface area contributed by atoms with E-state index in [0.717, 1.165) is 0 Å². The molecule has 0 spiro atoms. The van der Waals surface area contributed by atoms with Crippen molar-refractivity contribution in [1.82, 2.24) is 25.0 Å². The molecule has 0 aromatic carbocycles. The molecule has 1 fully saturated rings. The summed E-state index contributed by atoms with van der Waals surface area (Å²) in [6.07, 6.45) is 2.96. The highest BCUT2D eigenvalue weighted by Gasteiger charge is 2.24. The molecule has 0 unspecified atom stereocenters. The van der Waals surface area contributed by atoms with Gasteiger partial charge in [0, 0.05) is 44.1 Å². The normalized spacial score (nSPS) is 14.0. The first kappa shape index (κ1) is 20.9. The maximum absolute atomic E-state index is 12.6. The number of aromatic nitrogens is 4. The summed E-state index contributed by atoms with van der Waals surface area (Å²) in [6.45, 7) is 1.11. The van der Waals surface area contributed by atoms with Crippen molar-refractivity contribution in [2.24, 2.45) is 0 Å². The number of hydrogen-bond donors (Lipinski definition) is 2. The number of rotatable bonds is 5. The van der Waals surface area contributed by atoms with Crippen molar-refractivity contribution in [3.05, 3.63) is 47.0 Å². The van der Waals surface area contributed by atoms with Gasteiger partial charge in [-0.05, 0) is 12.1 Å². The Hall–Kier alpha value is -3.31. The van der Waals surface area contributed by atoms with Crippen LogP contribution in [0.5, 0.6) is 0 Å². The van der Waals surface area contributed by atoms with Crippen LogP contribution in [-0.4, -0.2) is 62.3 Å². The van der Waals surface area contributed by atoms with E-state index in [-0.39, 0.29) is 24.4 Å². The van der Waals surface area contributed by atoms with E-state index >= 15 is 0 Å². The quantitative estimate of drug-likeness (QED) is 0.612. The summed E-state index contributed by atoms with van der Waals surface area (Å²) < 4.78 is 17.6. The molecule has 4 rings (SSSR count). The summed E-state index contributed by atoms with van der Waals surface area (Å²) in [7, 11) is 0. The molecule has 0 aliphatic carbocycles. The fourth-order valence-electron chi connectivity index (χ4n) is 3.10. The second-order valence-corrected chi connectivity index (χ2v) is 7.20. The number of nitrogens with zero attached hydrogens (tertiary/aromatic N) is 6. The molecule has 3 aromatic heterocycles. The zero-order chi connectivity index (χ0) is 21.8. The fourth-order valence-corrected chi connectivity index (χ4v) is 3.39. The molecule has 12 heteroatoms. The molecular formula is C19H19ClFN7O3. The van der Waals surface area contributed by atoms with Crippen LogP contribution in [0.15, 0.2) is 35.1 Å². The molecule has 0 saturated carbocycles. The summed E-state index contributed by atoms with van der Waals surface area (Å²) in [5.74, 6) is 1.36. The minimum Gasteiger partial charge on any atom is -0.388 e. The minimum absolute atomic E-state index is 0.179. The smallest absolute Gasteiger partial charge is 0.323 e. The molecular weight excluding hydrogens is 429 g/mol. The second kappa shape index (κ2) is 9.23. The maximum atomic E-state index is 12.6. The number of nitrogens with one attached hydrogen (secondary N) is 1. The average molecular weight is 448 g/mol. The van der Waals surface area contributed by atoms with Crippen LogP contribution in [0.25, 0.3) is 11.5 Å². The number of carbonyl (C=O) groups is 1. The third-order valence-electron chi connectivity index (χ3n) is 4.76. The lowest BCUT2D eigenvalue weighted by molar-refractivity contribution is 0.208. The molecule has 2 amide bonds. The van der Waals surface area contributed by atoms with Gasteiger partial charge in [-0.3, -0.25) is 5.32 Å². The van der Waals surface area contributed by atoms with E-state index in [9.17, 15) is 9.18 Å². The zero-order valence-corrected chi connectivity index (χ0v) is 17.1. The van der Waals surface area contributed by atoms with Crippen molar-refractivity contribution in [2.75, 3.05) is 36.4 Å². The van der Waals surface area contributed by atoms with Gasteiger partial charge in [-0.1, -0.05) is 22.8 Å². The number of carbonyl (C=O) groups excluding carboxylic acids is 1. The van der Waals surface area contributed by atoms with Crippen molar-refractivity contribution in [1.29, 1.82) is 0 Å². The van der Waals surface area contributed by atoms with Gasteiger partial charge < -0.3 is 19.4 Å². The van der Waals surface area contributed by atoms with Crippen LogP contribution in [0.2, 0.25) is 5.02 Å². The van der Waals surface area contributed by atoms with E-state index in [1.165, 1.54) is 6.20 Å². The highest BCUT2D eigenvalue weighted by Crippen LogP contribution is 2.29. The van der Waals surface area contributed by atoms with E-state index in [1.54, 1.807) is 29.3 Å². The van der Waals surface area contributed by atoms with Crippen molar-refractivity contribution < 1.29 is 18.8 Å². The highest BCUT2D eigenvalue weighted by atomic mass is 35.5. The molecule has 2 N–H and O–H groups in total. The Morgan fingerprint density at radius 1 is 1.23 bits per heavy atom. The highest BCUT2D eigenvalue weighted by molar-refractivity contribution is 6.33. The monoisotopic (exact) mass is 447 g/mol. The Morgan fingerprint density at radius 3 is 2.65 bits per heavy atom. The van der Waals surface area contributed by atoms with Gasteiger partial charge in [0.1, 0.15) is 24.9 Å². The summed E-state index contributed by atoms with van der Waals surface area (Å²) in [4.78, 5) is 28.6. The number of alkyl halides is 1. The van der Waals surface area contributed by atoms with E-state index in [2.05, 4.69) is 25.4 Å². The van der Waals surface area contributed by atoms with Crippen molar-refractivity contribution in [2.45, 2.75) is 13.3 Å². The topological polar surface area (TPSA) is 121 Å². The molecule has 0 bridgehead atoms. The molecule has 10 nitrogen and oxygen atoms in total. The van der Waals surface area contributed by atoms with E-state index in [4.69, 9.17) is 21.2 Å². The number of halogens is 2. The summed E-state index contributed by atoms with van der Waals surface area (Å²) in [6, 6.07) is 4.55. The molecule has 1 saturated heterocycles. The largest absolute Gasteiger partial charge is 0.388 e. The molecule has 1 aliphatic heterocycles. The molecule has 3 aromatic rings. The van der Waals surface area contributed by atoms with Gasteiger partial charge in [-0.2, -0.15) is 4.98 Å². The fraction of sp³-hybridized carbons (Fsp3) is 0.316. The van der Waals surface area contributed by atoms with Gasteiger partial charge in [0.25, 0.3) is 5.89 Å². The van der Waals surface area contributed by atoms with Gasteiger partial charge in [-0.25, -0.2) is 19.2 Å². The first-order chi connectivity index (χ1) is 15.1. The predicted octanol–water partition coefficient (Wildman–Crippen LogP) is 2.50. The zero-order valence-electron chi connectivity index (χ0n) is 16.3. The van der Waals surface area contributed by atoms with Gasteiger partial charge in [0.2, 0.25) is 0 Å². The maximum Gasteiger partial charge on any atom is 0.323 e. The molecule has 4 heterocycles. The number of hydrogen-bond acceptors (Lipinski definition) is 8. The minimum atomic E-state index is -0.598. The number of amides is 2. The Morgan fingerprint density at radius 2 is 2.03 bits per heavy atom. The SMILES string of the molecule is O=C(Nc1ccc(CF)cn1)N1CCN(c2ncc(-c3nc(CO)no3)cc2Cl)CC1. The first-order valence-electron chi connectivity index (χ1n) is 9.48. The number of anilines is 2. The van der Waals surface area contributed by atoms with Crippen LogP contribution in [0.4, 0.5) is 20.8 Å². The van der Waals surface area contributed by atoms with Gasteiger partial charge in [-0.15, -0.1) is 0 Å². The second-order valence-electron chi connectivity index (χ2n) is 6.79. The van der Waals surface area contributed by atoms with E-state index < -0.39 is 6.67 Å². The third kappa shape index (κ3) is 4.72. The van der Waals surface area contributed by atoms with Gasteiger partial charge in [0.05, 0.1) is 10.6 Å². The lowest BCUT2D eigenvalue weighted by Gasteiger charge is -2.35. The van der Waals surface area contributed by atoms with Crippen LogP contribution < -0.4 is 10.2 Å². The van der Waals surface area contributed by atoms with Crippen LogP contribution in [0.1, 0.15) is 11.4 Å². The average Bonchev–Trinajstić information content (AvgIpc) is 3.29. The number of urea groups is 1. The lowest BCUT2D eigenvalue weighted by atomic mass is 10.2. The third-order valence-corrected chi connectivity index (χ3v) is 5.04. The Labute approximate surface area is 181 Å². The van der Waals surface area contributed by atoms with Crippen LogP contribution in [-0.2, 0) is 13.3 Å². The number of pyridine rings is 2. The summed E-state index contributed by atoms with van der Waals surface area (Å²) >= 11 is 6.41. The standard InChI is InChI=1S/C19H19ClFN7O3/c20-14-7-13(18-24-16(11-29)26-31-18)10-23-17(14)27-3-5-28(6-4-27)19(30)25-15-2-1-12(8-21)9-22-15/h1-2,7,9-10,29H,3-6,8,11H2,(H,22,25,30). The number of piperazine rings is 1. The first-order valence-corrected chi connectivity index (χ1v) is 9.86. The van der Waals surface area contributed by atoms with Crippen LogP contribution in [0, 0.1) is 0 Å². The van der Waals surface area contributed by atoms with E-state index in [0.29, 0.717) is 54.0 Å². The van der Waals surface area contributed by atoms with Gasteiger partial charge in [0.15, 0.2) is 5.82 Å². The summed E-state index contributed by atoms with van der Waals surface area (Å²) in [5.41, 5.74) is 1.00. The van der Waals surface area contributed by atoms with Crippen molar-refractivity contribution >= 4 is 29.3 Å². The number of aliphatic hydroxyl groups is 1. The molecule has 0 radical (unpaired) electrons. The Kier molecular flexibility index (Phi) is 6.23. The molecule has 162 valence electrons.